The van der Waals surface area contributed by atoms with Crippen molar-refractivity contribution in [2.75, 3.05) is 17.2 Å². The molecule has 0 bridgehead atoms. The van der Waals surface area contributed by atoms with Gasteiger partial charge in [0.15, 0.2) is 0 Å². The van der Waals surface area contributed by atoms with Crippen molar-refractivity contribution in [3.63, 3.8) is 0 Å². The maximum Gasteiger partial charge on any atom is 0.143 e. The number of rotatable bonds is 3. The van der Waals surface area contributed by atoms with Gasteiger partial charge in [-0.1, -0.05) is 18.2 Å². The number of nitriles is 1. The van der Waals surface area contributed by atoms with E-state index in [1.807, 2.05) is 6.07 Å². The van der Waals surface area contributed by atoms with Gasteiger partial charge in [0.05, 0.1) is 5.56 Å². The fourth-order valence-corrected chi connectivity index (χ4v) is 2.51. The van der Waals surface area contributed by atoms with E-state index in [2.05, 4.69) is 39.9 Å². The van der Waals surface area contributed by atoms with E-state index >= 15 is 0 Å². The molecule has 0 fully saturated rings. The van der Waals surface area contributed by atoms with E-state index < -0.39 is 0 Å². The number of aryl methyl sites for hydroxylation is 1. The summed E-state index contributed by atoms with van der Waals surface area (Å²) in [4.78, 5) is 4.22. The van der Waals surface area contributed by atoms with Crippen LogP contribution < -0.4 is 10.6 Å². The first-order valence-corrected chi connectivity index (χ1v) is 6.80. The molecule has 0 amide bonds. The van der Waals surface area contributed by atoms with Crippen molar-refractivity contribution < 1.29 is 0 Å². The zero-order valence-electron chi connectivity index (χ0n) is 11.1. The Balaban J connectivity index is 1.65. The fourth-order valence-electron chi connectivity index (χ4n) is 2.51. The van der Waals surface area contributed by atoms with E-state index in [1.54, 1.807) is 18.3 Å². The molecule has 0 saturated carbocycles. The molecule has 0 spiro atoms. The third kappa shape index (κ3) is 2.57. The Morgan fingerprint density at radius 3 is 3.10 bits per heavy atom. The maximum atomic E-state index is 9.04. The van der Waals surface area contributed by atoms with Crippen molar-refractivity contribution in [1.82, 2.24) is 4.98 Å². The number of anilines is 2. The molecule has 0 saturated heterocycles. The van der Waals surface area contributed by atoms with Gasteiger partial charge in [-0.05, 0) is 36.6 Å². The van der Waals surface area contributed by atoms with Crippen LogP contribution in [-0.2, 0) is 6.42 Å². The molecule has 3 rings (SSSR count). The third-order valence-electron chi connectivity index (χ3n) is 3.58. The third-order valence-corrected chi connectivity index (χ3v) is 3.58. The van der Waals surface area contributed by atoms with Crippen LogP contribution in [0.25, 0.3) is 0 Å². The summed E-state index contributed by atoms with van der Waals surface area (Å²) in [5, 5.41) is 15.8. The lowest BCUT2D eigenvalue weighted by molar-refractivity contribution is 0.653. The van der Waals surface area contributed by atoms with Crippen LogP contribution in [0, 0.1) is 11.3 Å². The maximum absolute atomic E-state index is 9.04. The lowest BCUT2D eigenvalue weighted by Crippen LogP contribution is -2.32. The standard InChI is InChI=1S/C16H16N4/c17-10-13-5-3-9-18-16(13)19-11-14-8-7-12-4-1-2-6-15(12)20-14/h1-6,9,14,20H,7-8,11H2,(H,18,19). The molecular weight excluding hydrogens is 248 g/mol. The van der Waals surface area contributed by atoms with E-state index in [1.165, 1.54) is 11.3 Å². The van der Waals surface area contributed by atoms with Gasteiger partial charge in [-0.3, -0.25) is 0 Å². The number of pyridine rings is 1. The van der Waals surface area contributed by atoms with Crippen LogP contribution in [0.5, 0.6) is 0 Å². The zero-order chi connectivity index (χ0) is 13.8. The number of hydrogen-bond donors (Lipinski definition) is 2. The van der Waals surface area contributed by atoms with Gasteiger partial charge < -0.3 is 10.6 Å². The second kappa shape index (κ2) is 5.62. The SMILES string of the molecule is N#Cc1cccnc1NCC1CCc2ccccc2N1. The molecule has 1 aliphatic heterocycles. The Morgan fingerprint density at radius 1 is 1.30 bits per heavy atom. The molecule has 0 aliphatic carbocycles. The van der Waals surface area contributed by atoms with E-state index in [-0.39, 0.29) is 0 Å². The van der Waals surface area contributed by atoms with Gasteiger partial charge in [-0.25, -0.2) is 4.98 Å². The van der Waals surface area contributed by atoms with Gasteiger partial charge in [-0.15, -0.1) is 0 Å². The Labute approximate surface area is 118 Å². The van der Waals surface area contributed by atoms with Gasteiger partial charge >= 0.3 is 0 Å². The summed E-state index contributed by atoms with van der Waals surface area (Å²) >= 11 is 0. The van der Waals surface area contributed by atoms with Crippen molar-refractivity contribution in [3.05, 3.63) is 53.7 Å². The molecule has 1 aromatic heterocycles. The summed E-state index contributed by atoms with van der Waals surface area (Å²) in [5.41, 5.74) is 3.18. The van der Waals surface area contributed by atoms with Crippen LogP contribution in [0.4, 0.5) is 11.5 Å². The van der Waals surface area contributed by atoms with Crippen LogP contribution in [0.3, 0.4) is 0 Å². The molecule has 1 aromatic carbocycles. The number of fused-ring (bicyclic) bond motifs is 1. The Bertz CT molecular complexity index is 645. The van der Waals surface area contributed by atoms with Crippen LogP contribution in [0.2, 0.25) is 0 Å². The number of nitrogens with one attached hydrogen (secondary N) is 2. The highest BCUT2D eigenvalue weighted by Gasteiger charge is 2.17. The minimum absolute atomic E-state index is 0.360. The van der Waals surface area contributed by atoms with Crippen molar-refractivity contribution in [2.45, 2.75) is 18.9 Å². The Morgan fingerprint density at radius 2 is 2.20 bits per heavy atom. The Kier molecular flexibility index (Phi) is 3.51. The molecular formula is C16H16N4. The Hall–Kier alpha value is -2.54. The summed E-state index contributed by atoms with van der Waals surface area (Å²) in [6.07, 6.45) is 3.87. The first-order valence-electron chi connectivity index (χ1n) is 6.80. The predicted octanol–water partition coefficient (Wildman–Crippen LogP) is 2.79. The lowest BCUT2D eigenvalue weighted by Gasteiger charge is -2.27. The van der Waals surface area contributed by atoms with Crippen molar-refractivity contribution in [2.24, 2.45) is 0 Å². The lowest BCUT2D eigenvalue weighted by atomic mass is 9.98. The molecule has 1 aliphatic rings. The van der Waals surface area contributed by atoms with Gasteiger partial charge in [-0.2, -0.15) is 5.26 Å². The van der Waals surface area contributed by atoms with E-state index in [4.69, 9.17) is 5.26 Å². The van der Waals surface area contributed by atoms with Crippen LogP contribution in [-0.4, -0.2) is 17.6 Å². The van der Waals surface area contributed by atoms with Gasteiger partial charge in [0.1, 0.15) is 11.9 Å². The van der Waals surface area contributed by atoms with Crippen molar-refractivity contribution in [1.29, 1.82) is 5.26 Å². The van der Waals surface area contributed by atoms with Crippen molar-refractivity contribution in [3.8, 4) is 6.07 Å². The molecule has 1 unspecified atom stereocenters. The number of aromatic nitrogens is 1. The minimum Gasteiger partial charge on any atom is -0.380 e. The van der Waals surface area contributed by atoms with E-state index in [0.717, 1.165) is 19.4 Å². The largest absolute Gasteiger partial charge is 0.380 e. The highest BCUT2D eigenvalue weighted by molar-refractivity contribution is 5.55. The molecule has 0 radical (unpaired) electrons. The molecule has 4 nitrogen and oxygen atoms in total. The number of benzene rings is 1. The van der Waals surface area contributed by atoms with Gasteiger partial charge in [0, 0.05) is 24.5 Å². The molecule has 2 aromatic rings. The second-order valence-electron chi connectivity index (χ2n) is 4.93. The topological polar surface area (TPSA) is 60.7 Å². The van der Waals surface area contributed by atoms with Crippen molar-refractivity contribution >= 4 is 11.5 Å². The van der Waals surface area contributed by atoms with Gasteiger partial charge in [0.25, 0.3) is 0 Å². The first kappa shape index (κ1) is 12.5. The summed E-state index contributed by atoms with van der Waals surface area (Å²) in [6, 6.07) is 14.5. The summed E-state index contributed by atoms with van der Waals surface area (Å²) in [6.45, 7) is 0.764. The summed E-state index contributed by atoms with van der Waals surface area (Å²) in [5.74, 6) is 0.663. The first-order chi connectivity index (χ1) is 9.86. The van der Waals surface area contributed by atoms with Crippen LogP contribution in [0.15, 0.2) is 42.6 Å². The number of hydrogen-bond acceptors (Lipinski definition) is 4. The summed E-state index contributed by atoms with van der Waals surface area (Å²) < 4.78 is 0. The second-order valence-corrected chi connectivity index (χ2v) is 4.93. The van der Waals surface area contributed by atoms with Crippen LogP contribution >= 0.6 is 0 Å². The molecule has 1 atom stereocenters. The predicted molar refractivity (Wildman–Crippen MR) is 79.6 cm³/mol. The molecule has 100 valence electrons. The molecule has 2 N–H and O–H groups in total. The van der Waals surface area contributed by atoms with E-state index in [9.17, 15) is 0 Å². The average molecular weight is 264 g/mol. The zero-order valence-corrected chi connectivity index (χ0v) is 11.1. The van der Waals surface area contributed by atoms with Gasteiger partial charge in [0.2, 0.25) is 0 Å². The summed E-state index contributed by atoms with van der Waals surface area (Å²) in [7, 11) is 0. The molecule has 20 heavy (non-hydrogen) atoms. The van der Waals surface area contributed by atoms with E-state index in [0.29, 0.717) is 17.4 Å². The fraction of sp³-hybridized carbons (Fsp3) is 0.250. The monoisotopic (exact) mass is 264 g/mol. The number of nitrogens with zero attached hydrogens (tertiary/aromatic N) is 2. The normalized spacial score (nSPS) is 16.6. The molecule has 2 heterocycles. The minimum atomic E-state index is 0.360. The molecule has 4 heteroatoms. The highest BCUT2D eigenvalue weighted by Crippen LogP contribution is 2.24. The average Bonchev–Trinajstić information content (AvgIpc) is 2.53. The smallest absolute Gasteiger partial charge is 0.143 e. The van der Waals surface area contributed by atoms with Crippen LogP contribution in [0.1, 0.15) is 17.5 Å². The number of para-hydroxylation sites is 1. The highest BCUT2D eigenvalue weighted by atomic mass is 15.0. The quantitative estimate of drug-likeness (QED) is 0.895.